The van der Waals surface area contributed by atoms with Crippen LogP contribution in [0.1, 0.15) is 104 Å². The predicted octanol–water partition coefficient (Wildman–Crippen LogP) is 6.83. The average molecular weight is 442 g/mol. The summed E-state index contributed by atoms with van der Waals surface area (Å²) in [4.78, 5) is 17.8. The Labute approximate surface area is 194 Å². The molecule has 4 saturated carbocycles. The van der Waals surface area contributed by atoms with Crippen molar-refractivity contribution in [1.29, 1.82) is 0 Å². The lowest BCUT2D eigenvalue weighted by atomic mass is 9.47. The second-order valence-corrected chi connectivity index (χ2v) is 12.1. The van der Waals surface area contributed by atoms with Gasteiger partial charge < -0.3 is 9.57 Å². The van der Waals surface area contributed by atoms with Crippen LogP contribution >= 0.6 is 0 Å². The Morgan fingerprint density at radius 3 is 2.62 bits per heavy atom. The number of nitrogens with zero attached hydrogens (tertiary/aromatic N) is 1. The summed E-state index contributed by atoms with van der Waals surface area (Å²) in [5.41, 5.74) is 3.22. The van der Waals surface area contributed by atoms with Gasteiger partial charge in [0.15, 0.2) is 0 Å². The third kappa shape index (κ3) is 3.84. The van der Waals surface area contributed by atoms with E-state index in [1.165, 1.54) is 64.2 Å². The second-order valence-electron chi connectivity index (χ2n) is 12.1. The molecular weight excluding hydrogens is 398 g/mol. The van der Waals surface area contributed by atoms with Crippen LogP contribution in [0.25, 0.3) is 0 Å². The Morgan fingerprint density at radius 2 is 1.84 bits per heavy atom. The van der Waals surface area contributed by atoms with Gasteiger partial charge >= 0.3 is 5.97 Å². The Kier molecular flexibility index (Phi) is 6.18. The molecule has 4 heteroatoms. The summed E-state index contributed by atoms with van der Waals surface area (Å²) >= 11 is 0. The Balaban J connectivity index is 1.25. The van der Waals surface area contributed by atoms with E-state index in [4.69, 9.17) is 9.57 Å². The van der Waals surface area contributed by atoms with E-state index in [0.29, 0.717) is 17.8 Å². The van der Waals surface area contributed by atoms with Gasteiger partial charge in [0.25, 0.3) is 0 Å². The number of allylic oxidation sites excluding steroid dienone is 2. The van der Waals surface area contributed by atoms with Crippen LogP contribution in [0.3, 0.4) is 0 Å². The topological polar surface area (TPSA) is 47.9 Å². The van der Waals surface area contributed by atoms with E-state index in [1.807, 2.05) is 0 Å². The van der Waals surface area contributed by atoms with Crippen LogP contribution in [-0.4, -0.2) is 24.9 Å². The maximum atomic E-state index is 12.7. The number of fused-ring (bicyclic) bond motifs is 5. The number of hydrogen-bond acceptors (Lipinski definition) is 4. The molecule has 4 fully saturated rings. The first-order valence-corrected chi connectivity index (χ1v) is 13.4. The minimum atomic E-state index is 0.0731. The molecule has 6 atom stereocenters. The molecule has 6 unspecified atom stereocenters. The van der Waals surface area contributed by atoms with E-state index in [9.17, 15) is 4.79 Å². The second kappa shape index (κ2) is 8.80. The highest BCUT2D eigenvalue weighted by Crippen LogP contribution is 2.65. The van der Waals surface area contributed by atoms with Crippen LogP contribution < -0.4 is 0 Å². The van der Waals surface area contributed by atoms with Gasteiger partial charge in [0.1, 0.15) is 13.2 Å². The largest absolute Gasteiger partial charge is 0.462 e. The molecule has 0 aromatic carbocycles. The molecule has 5 rings (SSSR count). The zero-order valence-corrected chi connectivity index (χ0v) is 20.5. The molecule has 5 aliphatic rings. The minimum Gasteiger partial charge on any atom is -0.462 e. The highest BCUT2D eigenvalue weighted by Gasteiger charge is 2.59. The molecule has 0 bridgehead atoms. The van der Waals surface area contributed by atoms with Crippen molar-refractivity contribution < 1.29 is 14.4 Å². The molecule has 5 aliphatic carbocycles. The number of oxime groups is 1. The van der Waals surface area contributed by atoms with E-state index in [2.05, 4.69) is 25.1 Å². The number of carbonyl (C=O) groups excluding carboxylic acids is 1. The van der Waals surface area contributed by atoms with Crippen molar-refractivity contribution in [2.75, 3.05) is 7.11 Å². The third-order valence-electron chi connectivity index (χ3n) is 10.6. The number of rotatable bonds is 5. The van der Waals surface area contributed by atoms with Crippen LogP contribution in [0.2, 0.25) is 0 Å². The highest BCUT2D eigenvalue weighted by molar-refractivity contribution is 5.96. The first-order chi connectivity index (χ1) is 15.4. The minimum absolute atomic E-state index is 0.0731. The maximum absolute atomic E-state index is 12.7. The van der Waals surface area contributed by atoms with Gasteiger partial charge in [-0.05, 0) is 93.0 Å². The van der Waals surface area contributed by atoms with E-state index >= 15 is 0 Å². The van der Waals surface area contributed by atoms with Gasteiger partial charge in [-0.15, -0.1) is 0 Å². The van der Waals surface area contributed by atoms with Crippen molar-refractivity contribution in [2.24, 2.45) is 39.7 Å². The van der Waals surface area contributed by atoms with Crippen molar-refractivity contribution >= 4 is 11.7 Å². The summed E-state index contributed by atoms with van der Waals surface area (Å²) in [6.45, 7) is 4.98. The average Bonchev–Trinajstić information content (AvgIpc) is 3.41. The van der Waals surface area contributed by atoms with Gasteiger partial charge in [0.2, 0.25) is 0 Å². The summed E-state index contributed by atoms with van der Waals surface area (Å²) in [6.07, 6.45) is 19.0. The molecule has 0 radical (unpaired) electrons. The van der Waals surface area contributed by atoms with Crippen molar-refractivity contribution in [3.05, 3.63) is 11.6 Å². The van der Waals surface area contributed by atoms with Gasteiger partial charge in [-0.1, -0.05) is 50.3 Å². The van der Waals surface area contributed by atoms with E-state index in [0.717, 1.165) is 42.7 Å². The number of ether oxygens (including phenoxy) is 1. The van der Waals surface area contributed by atoms with E-state index in [1.54, 1.807) is 12.7 Å². The SMILES string of the molecule is CO/N=C1/C=C2CCC3C(CCC4(C)C(OC(=O)CCC5CCCC5)CCC34)C2(C)CC1. The summed E-state index contributed by atoms with van der Waals surface area (Å²) in [5.74, 6) is 3.09. The molecule has 0 saturated heterocycles. The van der Waals surface area contributed by atoms with Crippen molar-refractivity contribution in [3.8, 4) is 0 Å². The quantitative estimate of drug-likeness (QED) is 0.347. The fourth-order valence-corrected chi connectivity index (χ4v) is 8.74. The lowest BCUT2D eigenvalue weighted by molar-refractivity contribution is -0.160. The Morgan fingerprint density at radius 1 is 1.03 bits per heavy atom. The van der Waals surface area contributed by atoms with Gasteiger partial charge in [-0.3, -0.25) is 4.79 Å². The van der Waals surface area contributed by atoms with Crippen molar-refractivity contribution in [2.45, 2.75) is 110 Å². The third-order valence-corrected chi connectivity index (χ3v) is 10.6. The fourth-order valence-electron chi connectivity index (χ4n) is 8.74. The van der Waals surface area contributed by atoms with Crippen LogP contribution in [0, 0.1) is 34.5 Å². The molecule has 0 aromatic rings. The maximum Gasteiger partial charge on any atom is 0.306 e. The van der Waals surface area contributed by atoms with Gasteiger partial charge in [-0.2, -0.15) is 0 Å². The van der Waals surface area contributed by atoms with Gasteiger partial charge in [-0.25, -0.2) is 0 Å². The molecular formula is C28H43NO3. The molecule has 0 aliphatic heterocycles. The van der Waals surface area contributed by atoms with Gasteiger partial charge in [0.05, 0.1) is 5.71 Å². The van der Waals surface area contributed by atoms with E-state index < -0.39 is 0 Å². The predicted molar refractivity (Wildman–Crippen MR) is 127 cm³/mol. The number of esters is 1. The fraction of sp³-hybridized carbons (Fsp3) is 0.857. The Bertz CT molecular complexity index is 782. The summed E-state index contributed by atoms with van der Waals surface area (Å²) < 4.78 is 6.22. The van der Waals surface area contributed by atoms with Crippen LogP contribution in [-0.2, 0) is 14.4 Å². The highest BCUT2D eigenvalue weighted by atomic mass is 16.6. The van der Waals surface area contributed by atoms with Crippen LogP contribution in [0.5, 0.6) is 0 Å². The molecule has 178 valence electrons. The number of carbonyl (C=O) groups is 1. The number of hydrogen-bond donors (Lipinski definition) is 0. The molecule has 4 nitrogen and oxygen atoms in total. The van der Waals surface area contributed by atoms with Crippen molar-refractivity contribution in [3.63, 3.8) is 0 Å². The molecule has 0 aromatic heterocycles. The Hall–Kier alpha value is -1.32. The molecule has 0 N–H and O–H groups in total. The molecule has 32 heavy (non-hydrogen) atoms. The van der Waals surface area contributed by atoms with E-state index in [-0.39, 0.29) is 17.5 Å². The van der Waals surface area contributed by atoms with Gasteiger partial charge in [0, 0.05) is 11.8 Å². The molecule has 0 heterocycles. The molecule has 0 spiro atoms. The standard InChI is InChI=1S/C28H43NO3/c1-27-16-14-21(29-31-3)18-20(27)9-10-22-23-11-12-25(28(23,2)17-15-24(22)27)32-26(30)13-8-19-6-4-5-7-19/h18-19,22-25H,4-17H2,1-3H3/b29-21+. The van der Waals surface area contributed by atoms with Crippen LogP contribution in [0.4, 0.5) is 0 Å². The summed E-state index contributed by atoms with van der Waals surface area (Å²) in [6, 6.07) is 0. The normalized spacial score (nSPS) is 42.7. The molecule has 0 amide bonds. The monoisotopic (exact) mass is 441 g/mol. The van der Waals surface area contributed by atoms with Crippen LogP contribution in [0.15, 0.2) is 16.8 Å². The lowest BCUT2D eigenvalue weighted by Crippen LogP contribution is -2.51. The summed E-state index contributed by atoms with van der Waals surface area (Å²) in [7, 11) is 1.65. The summed E-state index contributed by atoms with van der Waals surface area (Å²) in [5, 5.41) is 4.24. The smallest absolute Gasteiger partial charge is 0.306 e. The first kappa shape index (κ1) is 22.5. The zero-order valence-electron chi connectivity index (χ0n) is 20.5. The first-order valence-electron chi connectivity index (χ1n) is 13.4. The zero-order chi connectivity index (χ0) is 22.3. The van der Waals surface area contributed by atoms with Crippen molar-refractivity contribution in [1.82, 2.24) is 0 Å². The lowest BCUT2D eigenvalue weighted by Gasteiger charge is -2.58.